The summed E-state index contributed by atoms with van der Waals surface area (Å²) in [7, 11) is 0. The third kappa shape index (κ3) is 6.45. The lowest BCUT2D eigenvalue weighted by atomic mass is 9.89. The first-order chi connectivity index (χ1) is 19.4. The van der Waals surface area contributed by atoms with Crippen LogP contribution in [-0.2, 0) is 12.0 Å². The minimum absolute atomic E-state index is 0.201. The highest BCUT2D eigenvalue weighted by atomic mass is 35.5. The SMILES string of the molecule is CCc1nn2ccc(Cl)cc2c1C(=O)NC(C)(C)c1ccc(N2CCC(c3ccc(OC(F)(F)F)cc3)CC2)cc1. The number of alkyl halides is 3. The molecule has 1 aliphatic heterocycles. The lowest BCUT2D eigenvalue weighted by molar-refractivity contribution is -0.274. The molecule has 3 heterocycles. The number of nitrogens with one attached hydrogen (secondary N) is 1. The monoisotopic (exact) mass is 584 g/mol. The molecule has 2 aromatic carbocycles. The fourth-order valence-corrected chi connectivity index (χ4v) is 5.64. The summed E-state index contributed by atoms with van der Waals surface area (Å²) in [5, 5.41) is 8.27. The molecule has 5 rings (SSSR count). The molecule has 1 amide bonds. The van der Waals surface area contributed by atoms with Crippen molar-refractivity contribution in [3.63, 3.8) is 0 Å². The summed E-state index contributed by atoms with van der Waals surface area (Å²) in [5.41, 5.74) is 4.36. The first kappa shape index (κ1) is 28.8. The maximum atomic E-state index is 13.5. The van der Waals surface area contributed by atoms with Gasteiger partial charge in [0.1, 0.15) is 5.75 Å². The predicted molar refractivity (Wildman–Crippen MR) is 154 cm³/mol. The molecule has 6 nitrogen and oxygen atoms in total. The fraction of sp³-hybridized carbons (Fsp3) is 0.355. The van der Waals surface area contributed by atoms with Crippen molar-refractivity contribution in [2.24, 2.45) is 0 Å². The van der Waals surface area contributed by atoms with Crippen LogP contribution in [0.2, 0.25) is 5.02 Å². The molecule has 0 aliphatic carbocycles. The van der Waals surface area contributed by atoms with E-state index in [1.54, 1.807) is 35.0 Å². The Bertz CT molecular complexity index is 1520. The quantitative estimate of drug-likeness (QED) is 0.244. The number of nitrogens with zero attached hydrogens (tertiary/aromatic N) is 3. The summed E-state index contributed by atoms with van der Waals surface area (Å²) < 4.78 is 43.0. The van der Waals surface area contributed by atoms with Gasteiger partial charge in [-0.15, -0.1) is 13.2 Å². The van der Waals surface area contributed by atoms with Gasteiger partial charge in [-0.25, -0.2) is 4.52 Å². The number of carbonyl (C=O) groups excluding carboxylic acids is 1. The van der Waals surface area contributed by atoms with E-state index in [-0.39, 0.29) is 17.6 Å². The first-order valence-electron chi connectivity index (χ1n) is 13.6. The van der Waals surface area contributed by atoms with E-state index in [0.717, 1.165) is 42.7 Å². The van der Waals surface area contributed by atoms with Crippen molar-refractivity contribution in [3.8, 4) is 5.75 Å². The Balaban J connectivity index is 1.22. The van der Waals surface area contributed by atoms with Crippen LogP contribution in [0.1, 0.15) is 66.7 Å². The molecule has 0 spiro atoms. The summed E-state index contributed by atoms with van der Waals surface area (Å²) in [6.45, 7) is 7.58. The maximum Gasteiger partial charge on any atom is 0.573 e. The lowest BCUT2D eigenvalue weighted by Crippen LogP contribution is -2.41. The summed E-state index contributed by atoms with van der Waals surface area (Å²) in [6, 6.07) is 17.9. The average molecular weight is 585 g/mol. The third-order valence-electron chi connectivity index (χ3n) is 7.69. The van der Waals surface area contributed by atoms with Gasteiger partial charge in [-0.1, -0.05) is 42.8 Å². The number of hydrogen-bond acceptors (Lipinski definition) is 4. The number of anilines is 1. The molecule has 4 aromatic rings. The van der Waals surface area contributed by atoms with Gasteiger partial charge in [-0.2, -0.15) is 5.10 Å². The number of aromatic nitrogens is 2. The van der Waals surface area contributed by atoms with E-state index in [9.17, 15) is 18.0 Å². The van der Waals surface area contributed by atoms with Gasteiger partial charge >= 0.3 is 6.36 Å². The first-order valence-corrected chi connectivity index (χ1v) is 14.0. The second-order valence-electron chi connectivity index (χ2n) is 10.9. The second kappa shape index (κ2) is 11.3. The Morgan fingerprint density at radius 1 is 1.05 bits per heavy atom. The van der Waals surface area contributed by atoms with Crippen LogP contribution >= 0.6 is 11.6 Å². The van der Waals surface area contributed by atoms with Gasteiger partial charge < -0.3 is 15.0 Å². The highest BCUT2D eigenvalue weighted by Gasteiger charge is 2.31. The Morgan fingerprint density at radius 2 is 1.71 bits per heavy atom. The van der Waals surface area contributed by atoms with Crippen molar-refractivity contribution >= 4 is 28.7 Å². The number of pyridine rings is 1. The minimum Gasteiger partial charge on any atom is -0.406 e. The molecule has 0 bridgehead atoms. The van der Waals surface area contributed by atoms with Crippen molar-refractivity contribution in [3.05, 3.63) is 94.3 Å². The molecule has 1 N–H and O–H groups in total. The Morgan fingerprint density at radius 3 is 2.32 bits per heavy atom. The molecule has 41 heavy (non-hydrogen) atoms. The normalized spacial score (nSPS) is 14.9. The van der Waals surface area contributed by atoms with Gasteiger partial charge in [-0.05, 0) is 86.6 Å². The Hall–Kier alpha value is -3.72. The number of ether oxygens (including phenoxy) is 1. The molecular formula is C31H32ClF3N4O2. The number of rotatable bonds is 7. The van der Waals surface area contributed by atoms with Gasteiger partial charge in [0.25, 0.3) is 5.91 Å². The molecule has 1 saturated heterocycles. The largest absolute Gasteiger partial charge is 0.573 e. The van der Waals surface area contributed by atoms with Gasteiger partial charge in [0.15, 0.2) is 0 Å². The lowest BCUT2D eigenvalue weighted by Gasteiger charge is -2.34. The van der Waals surface area contributed by atoms with Crippen molar-refractivity contribution in [1.29, 1.82) is 0 Å². The molecule has 0 unspecified atom stereocenters. The number of benzene rings is 2. The molecule has 216 valence electrons. The molecule has 0 radical (unpaired) electrons. The molecule has 0 atom stereocenters. The highest BCUT2D eigenvalue weighted by Crippen LogP contribution is 2.33. The van der Waals surface area contributed by atoms with Crippen LogP contribution in [0.25, 0.3) is 5.52 Å². The zero-order chi connectivity index (χ0) is 29.4. The zero-order valence-electron chi connectivity index (χ0n) is 23.1. The van der Waals surface area contributed by atoms with Crippen molar-refractivity contribution in [2.45, 2.75) is 57.9 Å². The standard InChI is InChI=1S/C31H32ClF3N4O2/c1-4-26-28(27-19-23(32)15-18-39(27)37-26)29(40)36-30(2,3)22-7-9-24(10-8-22)38-16-13-21(14-17-38)20-5-11-25(12-6-20)41-31(33,34)35/h5-12,15,18-19,21H,4,13-14,16-17H2,1-3H3,(H,36,40). The second-order valence-corrected chi connectivity index (χ2v) is 11.3. The highest BCUT2D eigenvalue weighted by molar-refractivity contribution is 6.31. The Kier molecular flexibility index (Phi) is 7.92. The van der Waals surface area contributed by atoms with Gasteiger partial charge in [0.2, 0.25) is 0 Å². The number of fused-ring (bicyclic) bond motifs is 1. The summed E-state index contributed by atoms with van der Waals surface area (Å²) >= 11 is 6.20. The van der Waals surface area contributed by atoms with Crippen LogP contribution in [0.5, 0.6) is 5.75 Å². The van der Waals surface area contributed by atoms with Gasteiger partial charge in [0, 0.05) is 30.0 Å². The van der Waals surface area contributed by atoms with Crippen LogP contribution in [0.15, 0.2) is 66.9 Å². The van der Waals surface area contributed by atoms with E-state index in [1.165, 1.54) is 12.1 Å². The summed E-state index contributed by atoms with van der Waals surface area (Å²) in [6.07, 6.45) is -0.528. The van der Waals surface area contributed by atoms with Crippen LogP contribution in [-0.4, -0.2) is 35.0 Å². The maximum absolute atomic E-state index is 13.5. The van der Waals surface area contributed by atoms with E-state index < -0.39 is 11.9 Å². The van der Waals surface area contributed by atoms with Crippen molar-refractivity contribution < 1.29 is 22.7 Å². The minimum atomic E-state index is -4.69. The van der Waals surface area contributed by atoms with E-state index in [2.05, 4.69) is 32.2 Å². The summed E-state index contributed by atoms with van der Waals surface area (Å²) in [5.74, 6) is -0.123. The number of piperidine rings is 1. The van der Waals surface area contributed by atoms with E-state index in [0.29, 0.717) is 28.2 Å². The third-order valence-corrected chi connectivity index (χ3v) is 7.93. The fourth-order valence-electron chi connectivity index (χ4n) is 5.48. The number of amides is 1. The predicted octanol–water partition coefficient (Wildman–Crippen LogP) is 7.50. The van der Waals surface area contributed by atoms with Crippen LogP contribution in [0.4, 0.5) is 18.9 Å². The van der Waals surface area contributed by atoms with E-state index >= 15 is 0 Å². The molecular weight excluding hydrogens is 553 g/mol. The van der Waals surface area contributed by atoms with Gasteiger partial charge in [-0.3, -0.25) is 4.79 Å². The van der Waals surface area contributed by atoms with Crippen molar-refractivity contribution in [2.75, 3.05) is 18.0 Å². The average Bonchev–Trinajstić information content (AvgIpc) is 3.30. The zero-order valence-corrected chi connectivity index (χ0v) is 23.9. The van der Waals surface area contributed by atoms with Crippen molar-refractivity contribution in [1.82, 2.24) is 14.9 Å². The number of aryl methyl sites for hydroxylation is 1. The van der Waals surface area contributed by atoms with Gasteiger partial charge in [0.05, 0.1) is 22.3 Å². The molecule has 1 aliphatic rings. The van der Waals surface area contributed by atoms with Crippen LogP contribution in [0, 0.1) is 0 Å². The summed E-state index contributed by atoms with van der Waals surface area (Å²) in [4.78, 5) is 15.8. The Labute approximate surface area is 242 Å². The number of carbonyl (C=O) groups is 1. The van der Waals surface area contributed by atoms with Crippen LogP contribution < -0.4 is 15.0 Å². The smallest absolute Gasteiger partial charge is 0.406 e. The number of halogens is 4. The molecule has 1 fully saturated rings. The number of hydrogen-bond donors (Lipinski definition) is 1. The molecule has 0 saturated carbocycles. The van der Waals surface area contributed by atoms with Crippen LogP contribution in [0.3, 0.4) is 0 Å². The van der Waals surface area contributed by atoms with E-state index in [4.69, 9.17) is 11.6 Å². The molecule has 10 heteroatoms. The van der Waals surface area contributed by atoms with E-state index in [1.807, 2.05) is 32.9 Å². The topological polar surface area (TPSA) is 58.9 Å². The molecule has 2 aromatic heterocycles.